The van der Waals surface area contributed by atoms with E-state index in [9.17, 15) is 9.59 Å². The van der Waals surface area contributed by atoms with Crippen molar-refractivity contribution >= 4 is 33.1 Å². The molecule has 0 aliphatic carbocycles. The van der Waals surface area contributed by atoms with Gasteiger partial charge in [0, 0.05) is 19.2 Å². The third-order valence-corrected chi connectivity index (χ3v) is 5.14. The van der Waals surface area contributed by atoms with Crippen molar-refractivity contribution in [1.82, 2.24) is 4.57 Å². The van der Waals surface area contributed by atoms with Gasteiger partial charge in [0.25, 0.3) is 0 Å². The van der Waals surface area contributed by atoms with Gasteiger partial charge in [-0.1, -0.05) is 42.5 Å². The number of nitrogens with one attached hydrogen (secondary N) is 1. The van der Waals surface area contributed by atoms with Crippen LogP contribution in [0.3, 0.4) is 0 Å². The molecule has 0 bridgehead atoms. The first kappa shape index (κ1) is 16.5. The number of aryl methyl sites for hydroxylation is 3. The minimum absolute atomic E-state index is 0.00371. The molecule has 0 unspecified atom stereocenters. The molecule has 0 spiro atoms. The Kier molecular flexibility index (Phi) is 4.81. The summed E-state index contributed by atoms with van der Waals surface area (Å²) in [6.07, 6.45) is 2.18. The Morgan fingerprint density at radius 1 is 1.12 bits per heavy atom. The summed E-state index contributed by atoms with van der Waals surface area (Å²) >= 11 is 1.19. The normalized spacial score (nSPS) is 10.9. The lowest BCUT2D eigenvalue weighted by Gasteiger charge is -2.06. The number of carbonyl (C=O) groups excluding carboxylic acids is 1. The molecule has 1 N–H and O–H groups in total. The molecular weight excluding hydrogens is 320 g/mol. The number of nitrogens with zero attached hydrogens (tertiary/aromatic N) is 1. The quantitative estimate of drug-likeness (QED) is 0.769. The minimum atomic E-state index is -0.0165. The Labute approximate surface area is 144 Å². The lowest BCUT2D eigenvalue weighted by Crippen LogP contribution is -2.12. The molecule has 2 aromatic carbocycles. The van der Waals surface area contributed by atoms with Crippen LogP contribution in [0.5, 0.6) is 0 Å². The molecule has 4 nitrogen and oxygen atoms in total. The SMILES string of the molecule is CCc1ccc(CCC(=O)Nc2ccc3c(c2)sc(=O)n3C)cc1. The molecule has 1 aromatic heterocycles. The number of anilines is 1. The van der Waals surface area contributed by atoms with Gasteiger partial charge in [-0.3, -0.25) is 9.59 Å². The molecule has 3 aromatic rings. The average Bonchev–Trinajstić information content (AvgIpc) is 2.87. The van der Waals surface area contributed by atoms with Gasteiger partial charge in [0.2, 0.25) is 5.91 Å². The molecule has 24 heavy (non-hydrogen) atoms. The van der Waals surface area contributed by atoms with Crippen LogP contribution in [0.25, 0.3) is 10.2 Å². The number of rotatable bonds is 5. The second-order valence-corrected chi connectivity index (χ2v) is 6.82. The van der Waals surface area contributed by atoms with Crippen LogP contribution >= 0.6 is 11.3 Å². The van der Waals surface area contributed by atoms with Gasteiger partial charge in [-0.05, 0) is 42.2 Å². The number of aromatic nitrogens is 1. The number of thiazole rings is 1. The van der Waals surface area contributed by atoms with Crippen LogP contribution in [-0.4, -0.2) is 10.5 Å². The van der Waals surface area contributed by atoms with E-state index in [1.54, 1.807) is 11.6 Å². The van der Waals surface area contributed by atoms with Crippen LogP contribution < -0.4 is 10.2 Å². The maximum atomic E-state index is 12.1. The van der Waals surface area contributed by atoms with Crippen LogP contribution in [0.1, 0.15) is 24.5 Å². The first-order valence-corrected chi connectivity index (χ1v) is 8.85. The molecule has 0 fully saturated rings. The molecule has 124 valence electrons. The number of carbonyl (C=O) groups is 1. The zero-order chi connectivity index (χ0) is 17.1. The maximum absolute atomic E-state index is 12.1. The molecule has 0 saturated carbocycles. The van der Waals surface area contributed by atoms with E-state index in [2.05, 4.69) is 36.5 Å². The van der Waals surface area contributed by atoms with Gasteiger partial charge in [-0.25, -0.2) is 0 Å². The maximum Gasteiger partial charge on any atom is 0.307 e. The van der Waals surface area contributed by atoms with Crippen LogP contribution in [0.4, 0.5) is 5.69 Å². The zero-order valence-corrected chi connectivity index (χ0v) is 14.7. The minimum Gasteiger partial charge on any atom is -0.326 e. The lowest BCUT2D eigenvalue weighted by atomic mass is 10.1. The fourth-order valence-corrected chi connectivity index (χ4v) is 3.55. The van der Waals surface area contributed by atoms with Gasteiger partial charge in [-0.15, -0.1) is 0 Å². The second kappa shape index (κ2) is 7.01. The fourth-order valence-electron chi connectivity index (χ4n) is 2.63. The molecule has 0 radical (unpaired) electrons. The van der Waals surface area contributed by atoms with Crippen LogP contribution in [-0.2, 0) is 24.7 Å². The third-order valence-electron chi connectivity index (χ3n) is 4.15. The number of benzene rings is 2. The summed E-state index contributed by atoms with van der Waals surface area (Å²) in [5.41, 5.74) is 4.09. The van der Waals surface area contributed by atoms with E-state index in [4.69, 9.17) is 0 Å². The average molecular weight is 340 g/mol. The molecule has 0 atom stereocenters. The molecular formula is C19H20N2O2S. The van der Waals surface area contributed by atoms with E-state index in [0.29, 0.717) is 6.42 Å². The molecule has 0 saturated heterocycles. The van der Waals surface area contributed by atoms with E-state index in [1.165, 1.54) is 22.5 Å². The van der Waals surface area contributed by atoms with E-state index in [-0.39, 0.29) is 10.8 Å². The predicted octanol–water partition coefficient (Wildman–Crippen LogP) is 3.73. The number of amides is 1. The first-order valence-electron chi connectivity index (χ1n) is 8.04. The Hall–Kier alpha value is -2.40. The Morgan fingerprint density at radius 2 is 1.83 bits per heavy atom. The Balaban J connectivity index is 1.62. The van der Waals surface area contributed by atoms with Gasteiger partial charge in [0.1, 0.15) is 0 Å². The monoisotopic (exact) mass is 340 g/mol. The van der Waals surface area contributed by atoms with Gasteiger partial charge in [0.15, 0.2) is 0 Å². The van der Waals surface area contributed by atoms with E-state index in [0.717, 1.165) is 28.7 Å². The van der Waals surface area contributed by atoms with Crippen molar-refractivity contribution in [3.63, 3.8) is 0 Å². The van der Waals surface area contributed by atoms with Gasteiger partial charge in [0.05, 0.1) is 10.2 Å². The van der Waals surface area contributed by atoms with Crippen molar-refractivity contribution < 1.29 is 4.79 Å². The van der Waals surface area contributed by atoms with E-state index >= 15 is 0 Å². The summed E-state index contributed by atoms with van der Waals surface area (Å²) < 4.78 is 2.50. The summed E-state index contributed by atoms with van der Waals surface area (Å²) in [5.74, 6) is -0.0165. The summed E-state index contributed by atoms with van der Waals surface area (Å²) in [4.78, 5) is 23.8. The number of hydrogen-bond acceptors (Lipinski definition) is 3. The Morgan fingerprint density at radius 3 is 2.54 bits per heavy atom. The zero-order valence-electron chi connectivity index (χ0n) is 13.8. The topological polar surface area (TPSA) is 51.1 Å². The molecule has 3 rings (SSSR count). The van der Waals surface area contributed by atoms with Gasteiger partial charge >= 0.3 is 4.87 Å². The van der Waals surface area contributed by atoms with Gasteiger partial charge in [-0.2, -0.15) is 0 Å². The van der Waals surface area contributed by atoms with Crippen molar-refractivity contribution in [2.45, 2.75) is 26.2 Å². The first-order chi connectivity index (χ1) is 11.6. The van der Waals surface area contributed by atoms with Crippen molar-refractivity contribution in [1.29, 1.82) is 0 Å². The predicted molar refractivity (Wildman–Crippen MR) is 99.8 cm³/mol. The standard InChI is InChI=1S/C19H20N2O2S/c1-3-13-4-6-14(7-5-13)8-11-18(22)20-15-9-10-16-17(12-15)24-19(23)21(16)2/h4-7,9-10,12H,3,8,11H2,1-2H3,(H,20,22). The molecule has 1 amide bonds. The summed E-state index contributed by atoms with van der Waals surface area (Å²) in [5, 5.41) is 2.91. The summed E-state index contributed by atoms with van der Waals surface area (Å²) in [7, 11) is 1.75. The van der Waals surface area contributed by atoms with Crippen molar-refractivity contribution in [3.05, 3.63) is 63.3 Å². The largest absolute Gasteiger partial charge is 0.326 e. The molecule has 0 aliphatic rings. The van der Waals surface area contributed by atoms with Crippen molar-refractivity contribution in [2.75, 3.05) is 5.32 Å². The molecule has 1 heterocycles. The number of hydrogen-bond donors (Lipinski definition) is 1. The highest BCUT2D eigenvalue weighted by Gasteiger charge is 2.07. The second-order valence-electron chi connectivity index (χ2n) is 5.83. The highest BCUT2D eigenvalue weighted by Crippen LogP contribution is 2.21. The highest BCUT2D eigenvalue weighted by molar-refractivity contribution is 7.16. The van der Waals surface area contributed by atoms with Crippen molar-refractivity contribution in [3.8, 4) is 0 Å². The van der Waals surface area contributed by atoms with E-state index in [1.807, 2.05) is 18.2 Å². The van der Waals surface area contributed by atoms with Crippen LogP contribution in [0, 0.1) is 0 Å². The fraction of sp³-hybridized carbons (Fsp3) is 0.263. The Bertz CT molecular complexity index is 923. The van der Waals surface area contributed by atoms with Crippen LogP contribution in [0.15, 0.2) is 47.3 Å². The smallest absolute Gasteiger partial charge is 0.307 e. The van der Waals surface area contributed by atoms with Gasteiger partial charge < -0.3 is 9.88 Å². The lowest BCUT2D eigenvalue weighted by molar-refractivity contribution is -0.116. The third kappa shape index (κ3) is 3.57. The summed E-state index contributed by atoms with van der Waals surface area (Å²) in [6, 6.07) is 13.9. The number of fused-ring (bicyclic) bond motifs is 1. The molecule has 0 aliphatic heterocycles. The summed E-state index contributed by atoms with van der Waals surface area (Å²) in [6.45, 7) is 2.13. The highest BCUT2D eigenvalue weighted by atomic mass is 32.1. The molecule has 5 heteroatoms. The van der Waals surface area contributed by atoms with Crippen LogP contribution in [0.2, 0.25) is 0 Å². The van der Waals surface area contributed by atoms with E-state index < -0.39 is 0 Å². The van der Waals surface area contributed by atoms with Crippen molar-refractivity contribution in [2.24, 2.45) is 7.05 Å².